The average molecular weight is 475 g/mol. The number of hydrogen-bond donors (Lipinski definition) is 0. The van der Waals surface area contributed by atoms with Crippen molar-refractivity contribution in [2.24, 2.45) is 5.92 Å². The van der Waals surface area contributed by atoms with Crippen molar-refractivity contribution in [3.8, 4) is 17.6 Å². The van der Waals surface area contributed by atoms with Crippen molar-refractivity contribution in [2.75, 3.05) is 18.6 Å². The van der Waals surface area contributed by atoms with Crippen LogP contribution in [0.4, 0.5) is 5.00 Å². The summed E-state index contributed by atoms with van der Waals surface area (Å²) >= 11 is 1.60. The molecule has 3 aromatic rings. The molecule has 1 amide bonds. The number of benzene rings is 2. The lowest BCUT2D eigenvalue weighted by Gasteiger charge is -2.24. The predicted molar refractivity (Wildman–Crippen MR) is 136 cm³/mol. The molecule has 176 valence electrons. The van der Waals surface area contributed by atoms with Gasteiger partial charge in [0.15, 0.2) is 11.5 Å². The fourth-order valence-electron chi connectivity index (χ4n) is 4.29. The number of methoxy groups -OCH3 is 1. The first-order valence-corrected chi connectivity index (χ1v) is 12.5. The van der Waals surface area contributed by atoms with E-state index < -0.39 is 0 Å². The zero-order valence-electron chi connectivity index (χ0n) is 20.0. The number of nitriles is 1. The van der Waals surface area contributed by atoms with Gasteiger partial charge in [0.2, 0.25) is 5.91 Å². The Labute approximate surface area is 205 Å². The summed E-state index contributed by atoms with van der Waals surface area (Å²) in [6, 6.07) is 18.4. The van der Waals surface area contributed by atoms with Gasteiger partial charge >= 0.3 is 0 Å². The molecule has 1 aliphatic rings. The molecule has 0 spiro atoms. The molecule has 2 aromatic carbocycles. The molecule has 34 heavy (non-hydrogen) atoms. The van der Waals surface area contributed by atoms with Gasteiger partial charge in [-0.3, -0.25) is 9.69 Å². The topological polar surface area (TPSA) is 62.6 Å². The van der Waals surface area contributed by atoms with E-state index in [-0.39, 0.29) is 11.8 Å². The number of ether oxygens (including phenoxy) is 2. The first-order chi connectivity index (χ1) is 16.5. The largest absolute Gasteiger partial charge is 0.493 e. The first-order valence-electron chi connectivity index (χ1n) is 11.7. The maximum Gasteiger partial charge on any atom is 0.230 e. The number of rotatable bonds is 9. The van der Waals surface area contributed by atoms with E-state index >= 15 is 0 Å². The maximum absolute atomic E-state index is 13.2. The summed E-state index contributed by atoms with van der Waals surface area (Å²) in [7, 11) is 1.62. The number of fused-ring (bicyclic) bond motifs is 1. The Kier molecular flexibility index (Phi) is 7.54. The molecule has 0 saturated carbocycles. The zero-order chi connectivity index (χ0) is 24.1. The van der Waals surface area contributed by atoms with Crippen molar-refractivity contribution in [3.63, 3.8) is 0 Å². The van der Waals surface area contributed by atoms with E-state index in [2.05, 4.69) is 18.2 Å². The Morgan fingerprint density at radius 3 is 2.62 bits per heavy atom. The number of hydrogen-bond acceptors (Lipinski definition) is 5. The van der Waals surface area contributed by atoms with Crippen LogP contribution in [0.1, 0.15) is 47.4 Å². The third-order valence-corrected chi connectivity index (χ3v) is 7.39. The summed E-state index contributed by atoms with van der Waals surface area (Å²) < 4.78 is 11.6. The van der Waals surface area contributed by atoms with Gasteiger partial charge in [0.25, 0.3) is 0 Å². The number of anilines is 1. The van der Waals surface area contributed by atoms with Crippen LogP contribution in [0.25, 0.3) is 0 Å². The second kappa shape index (κ2) is 10.8. The Morgan fingerprint density at radius 2 is 1.91 bits per heavy atom. The minimum atomic E-state index is -0.175. The van der Waals surface area contributed by atoms with Gasteiger partial charge in [0.05, 0.1) is 25.8 Å². The molecule has 0 saturated heterocycles. The molecule has 0 atom stereocenters. The molecular weight excluding hydrogens is 444 g/mol. The number of thiophene rings is 1. The monoisotopic (exact) mass is 474 g/mol. The van der Waals surface area contributed by atoms with E-state index in [9.17, 15) is 10.1 Å². The highest BCUT2D eigenvalue weighted by molar-refractivity contribution is 7.16. The number of nitrogens with zero attached hydrogens (tertiary/aromatic N) is 2. The Morgan fingerprint density at radius 1 is 1.12 bits per heavy atom. The number of aryl methyl sites for hydroxylation is 1. The highest BCUT2D eigenvalue weighted by Crippen LogP contribution is 2.42. The summed E-state index contributed by atoms with van der Waals surface area (Å²) in [5, 5.41) is 10.6. The van der Waals surface area contributed by atoms with Gasteiger partial charge in [-0.2, -0.15) is 5.26 Å². The van der Waals surface area contributed by atoms with Crippen molar-refractivity contribution in [1.29, 1.82) is 5.26 Å². The van der Waals surface area contributed by atoms with E-state index in [1.165, 1.54) is 10.4 Å². The highest BCUT2D eigenvalue weighted by Gasteiger charge is 2.29. The summed E-state index contributed by atoms with van der Waals surface area (Å²) in [5.41, 5.74) is 3.94. The van der Waals surface area contributed by atoms with Crippen molar-refractivity contribution in [1.82, 2.24) is 0 Å². The van der Waals surface area contributed by atoms with E-state index in [0.717, 1.165) is 41.8 Å². The minimum absolute atomic E-state index is 0.0126. The van der Waals surface area contributed by atoms with Gasteiger partial charge in [0, 0.05) is 17.2 Å². The molecule has 6 heteroatoms. The SMILES string of the molecule is COc1cc(CN(C(=O)C(C)C)c2sc3c(c2C#N)CCC3)ccc1OCCc1ccccc1. The third-order valence-electron chi connectivity index (χ3n) is 6.08. The van der Waals surface area contributed by atoms with E-state index in [1.807, 2.05) is 50.2 Å². The van der Waals surface area contributed by atoms with Crippen LogP contribution in [-0.2, 0) is 30.6 Å². The molecular formula is C28H30N2O3S. The quantitative estimate of drug-likeness (QED) is 0.386. The standard InChI is InChI=1S/C28H30N2O3S/c1-19(2)27(31)30(28-23(17-29)22-10-7-11-26(22)34-28)18-21-12-13-24(25(16-21)32-3)33-15-14-20-8-5-4-6-9-20/h4-6,8-9,12-13,16,19H,7,10-11,14-15,18H2,1-3H3. The van der Waals surface area contributed by atoms with Crippen LogP contribution in [0, 0.1) is 17.2 Å². The minimum Gasteiger partial charge on any atom is -0.493 e. The second-order valence-corrected chi connectivity index (χ2v) is 9.88. The van der Waals surface area contributed by atoms with Gasteiger partial charge in [-0.25, -0.2) is 0 Å². The molecule has 1 aromatic heterocycles. The van der Waals surface area contributed by atoms with E-state index in [1.54, 1.807) is 23.3 Å². The molecule has 0 aliphatic heterocycles. The summed E-state index contributed by atoms with van der Waals surface area (Å²) in [6.45, 7) is 4.72. The number of amides is 1. The van der Waals surface area contributed by atoms with Crippen LogP contribution in [0.2, 0.25) is 0 Å². The van der Waals surface area contributed by atoms with Gasteiger partial charge in [-0.15, -0.1) is 11.3 Å². The van der Waals surface area contributed by atoms with Crippen LogP contribution in [0.5, 0.6) is 11.5 Å². The lowest BCUT2D eigenvalue weighted by molar-refractivity contribution is -0.121. The Balaban J connectivity index is 1.55. The molecule has 0 radical (unpaired) electrons. The number of carbonyl (C=O) groups is 1. The van der Waals surface area contributed by atoms with Crippen LogP contribution < -0.4 is 14.4 Å². The Hall–Kier alpha value is -3.30. The van der Waals surface area contributed by atoms with Crippen LogP contribution in [0.15, 0.2) is 48.5 Å². The molecule has 0 unspecified atom stereocenters. The molecule has 4 rings (SSSR count). The smallest absolute Gasteiger partial charge is 0.230 e. The zero-order valence-corrected chi connectivity index (χ0v) is 20.8. The van der Waals surface area contributed by atoms with E-state index in [4.69, 9.17) is 9.47 Å². The van der Waals surface area contributed by atoms with Gasteiger partial charge in [-0.05, 0) is 48.1 Å². The van der Waals surface area contributed by atoms with Crippen LogP contribution >= 0.6 is 11.3 Å². The number of carbonyl (C=O) groups excluding carboxylic acids is 1. The van der Waals surface area contributed by atoms with Crippen molar-refractivity contribution < 1.29 is 14.3 Å². The first kappa shape index (κ1) is 23.8. The van der Waals surface area contributed by atoms with Gasteiger partial charge < -0.3 is 9.47 Å². The van der Waals surface area contributed by atoms with Crippen molar-refractivity contribution >= 4 is 22.2 Å². The normalized spacial score (nSPS) is 12.3. The van der Waals surface area contributed by atoms with Gasteiger partial charge in [-0.1, -0.05) is 50.2 Å². The lowest BCUT2D eigenvalue weighted by Crippen LogP contribution is -2.33. The molecule has 0 bridgehead atoms. The molecule has 1 heterocycles. The molecule has 0 N–H and O–H groups in total. The maximum atomic E-state index is 13.2. The van der Waals surface area contributed by atoms with E-state index in [0.29, 0.717) is 30.2 Å². The van der Waals surface area contributed by atoms with Crippen molar-refractivity contribution in [2.45, 2.75) is 46.1 Å². The summed E-state index contributed by atoms with van der Waals surface area (Å²) in [6.07, 6.45) is 3.79. The lowest BCUT2D eigenvalue weighted by atomic mass is 10.1. The Bertz CT molecular complexity index is 1190. The van der Waals surface area contributed by atoms with Crippen LogP contribution in [-0.4, -0.2) is 19.6 Å². The molecule has 5 nitrogen and oxygen atoms in total. The fraction of sp³-hybridized carbons (Fsp3) is 0.357. The third kappa shape index (κ3) is 5.10. The average Bonchev–Trinajstić information content (AvgIpc) is 3.44. The summed E-state index contributed by atoms with van der Waals surface area (Å²) in [4.78, 5) is 16.2. The highest BCUT2D eigenvalue weighted by atomic mass is 32.1. The molecule has 1 aliphatic carbocycles. The second-order valence-electron chi connectivity index (χ2n) is 8.80. The van der Waals surface area contributed by atoms with Crippen molar-refractivity contribution in [3.05, 3.63) is 75.7 Å². The van der Waals surface area contributed by atoms with Gasteiger partial charge in [0.1, 0.15) is 11.1 Å². The molecule has 0 fully saturated rings. The fourth-order valence-corrected chi connectivity index (χ4v) is 5.64. The summed E-state index contributed by atoms with van der Waals surface area (Å²) in [5.74, 6) is 1.15. The van der Waals surface area contributed by atoms with Crippen LogP contribution in [0.3, 0.4) is 0 Å². The predicted octanol–water partition coefficient (Wildman–Crippen LogP) is 5.93.